The van der Waals surface area contributed by atoms with E-state index < -0.39 is 6.04 Å². The quantitative estimate of drug-likeness (QED) is 0.925. The second-order valence-corrected chi connectivity index (χ2v) is 6.80. The first-order valence-corrected chi connectivity index (χ1v) is 8.61. The zero-order valence-corrected chi connectivity index (χ0v) is 14.4. The molecular weight excluding hydrogens is 318 g/mol. The lowest BCUT2D eigenvalue weighted by Crippen LogP contribution is -2.50. The van der Waals surface area contributed by atoms with Gasteiger partial charge in [0, 0.05) is 25.9 Å². The van der Waals surface area contributed by atoms with Crippen LogP contribution >= 0.6 is 0 Å². The third-order valence-electron chi connectivity index (χ3n) is 4.97. The number of hydrogen-bond donors (Lipinski definition) is 1. The average molecular weight is 339 g/mol. The molecule has 0 saturated heterocycles. The highest BCUT2D eigenvalue weighted by Gasteiger charge is 2.35. The standard InChI is InChI=1S/C18H21N5O2/c1-11-20-21-18(23(11)15-7-8-15)19-17(25)16-9-13-5-3-4-6-14(13)10-22(16)12(2)24/h3-6,15-16H,7-10H2,1-2H3,(H,19,21,25). The molecule has 7 nitrogen and oxygen atoms in total. The van der Waals surface area contributed by atoms with Crippen molar-refractivity contribution in [2.75, 3.05) is 5.32 Å². The first-order chi connectivity index (χ1) is 12.0. The van der Waals surface area contributed by atoms with E-state index in [0.29, 0.717) is 25.0 Å². The molecule has 0 bridgehead atoms. The molecule has 1 N–H and O–H groups in total. The summed E-state index contributed by atoms with van der Waals surface area (Å²) in [5.41, 5.74) is 2.21. The lowest BCUT2D eigenvalue weighted by molar-refractivity contribution is -0.138. The van der Waals surface area contributed by atoms with Gasteiger partial charge in [-0.25, -0.2) is 0 Å². The van der Waals surface area contributed by atoms with E-state index in [9.17, 15) is 9.59 Å². The smallest absolute Gasteiger partial charge is 0.249 e. The third kappa shape index (κ3) is 2.90. The predicted molar refractivity (Wildman–Crippen MR) is 91.8 cm³/mol. The van der Waals surface area contributed by atoms with Crippen LogP contribution in [0.2, 0.25) is 0 Å². The van der Waals surface area contributed by atoms with Crippen molar-refractivity contribution < 1.29 is 9.59 Å². The van der Waals surface area contributed by atoms with Crippen LogP contribution in [0.25, 0.3) is 0 Å². The number of fused-ring (bicyclic) bond motifs is 1. The molecule has 0 spiro atoms. The molecule has 1 atom stereocenters. The van der Waals surface area contributed by atoms with Gasteiger partial charge in [-0.1, -0.05) is 24.3 Å². The van der Waals surface area contributed by atoms with Crippen LogP contribution in [-0.2, 0) is 22.6 Å². The minimum atomic E-state index is -0.531. The van der Waals surface area contributed by atoms with Crippen molar-refractivity contribution in [1.82, 2.24) is 19.7 Å². The van der Waals surface area contributed by atoms with E-state index in [1.807, 2.05) is 35.8 Å². The van der Waals surface area contributed by atoms with Gasteiger partial charge in [-0.2, -0.15) is 0 Å². The van der Waals surface area contributed by atoms with E-state index in [1.165, 1.54) is 6.92 Å². The number of hydrogen-bond acceptors (Lipinski definition) is 4. The highest BCUT2D eigenvalue weighted by molar-refractivity contribution is 5.96. The highest BCUT2D eigenvalue weighted by Crippen LogP contribution is 2.37. The van der Waals surface area contributed by atoms with Gasteiger partial charge in [0.05, 0.1) is 0 Å². The monoisotopic (exact) mass is 339 g/mol. The molecule has 1 aliphatic heterocycles. The number of amides is 2. The Bertz CT molecular complexity index is 840. The van der Waals surface area contributed by atoms with Crippen LogP contribution < -0.4 is 5.32 Å². The van der Waals surface area contributed by atoms with Crippen molar-refractivity contribution in [1.29, 1.82) is 0 Å². The molecule has 7 heteroatoms. The van der Waals surface area contributed by atoms with Crippen LogP contribution in [0.1, 0.15) is 42.8 Å². The maximum absolute atomic E-state index is 12.9. The van der Waals surface area contributed by atoms with Crippen molar-refractivity contribution in [2.24, 2.45) is 0 Å². The lowest BCUT2D eigenvalue weighted by atomic mass is 9.93. The molecule has 130 valence electrons. The number of aromatic nitrogens is 3. The number of nitrogens with zero attached hydrogens (tertiary/aromatic N) is 4. The van der Waals surface area contributed by atoms with Gasteiger partial charge in [-0.15, -0.1) is 10.2 Å². The molecule has 1 aromatic heterocycles. The Balaban J connectivity index is 1.59. The lowest BCUT2D eigenvalue weighted by Gasteiger charge is -2.35. The van der Waals surface area contributed by atoms with E-state index in [2.05, 4.69) is 15.5 Å². The summed E-state index contributed by atoms with van der Waals surface area (Å²) in [5, 5.41) is 11.1. The number of anilines is 1. The molecule has 1 fully saturated rings. The molecule has 1 aromatic carbocycles. The summed E-state index contributed by atoms with van der Waals surface area (Å²) in [6, 6.07) is 7.79. The third-order valence-corrected chi connectivity index (χ3v) is 4.97. The van der Waals surface area contributed by atoms with Gasteiger partial charge in [-0.3, -0.25) is 19.5 Å². The number of rotatable bonds is 3. The summed E-state index contributed by atoms with van der Waals surface area (Å²) in [6.07, 6.45) is 2.67. The van der Waals surface area contributed by atoms with E-state index in [-0.39, 0.29) is 11.8 Å². The summed E-state index contributed by atoms with van der Waals surface area (Å²) in [6.45, 7) is 3.85. The molecular formula is C18H21N5O2. The molecule has 25 heavy (non-hydrogen) atoms. The Morgan fingerprint density at radius 1 is 1.16 bits per heavy atom. The van der Waals surface area contributed by atoms with E-state index in [4.69, 9.17) is 0 Å². The van der Waals surface area contributed by atoms with Crippen LogP contribution in [-0.4, -0.2) is 37.5 Å². The first-order valence-electron chi connectivity index (χ1n) is 8.61. The molecule has 1 unspecified atom stereocenters. The van der Waals surface area contributed by atoms with E-state index >= 15 is 0 Å². The fraction of sp³-hybridized carbons (Fsp3) is 0.444. The number of aryl methyl sites for hydroxylation is 1. The molecule has 2 amide bonds. The zero-order valence-electron chi connectivity index (χ0n) is 14.4. The molecule has 0 radical (unpaired) electrons. The summed E-state index contributed by atoms with van der Waals surface area (Å²) in [7, 11) is 0. The Kier molecular flexibility index (Phi) is 3.78. The normalized spacial score (nSPS) is 19.4. The largest absolute Gasteiger partial charge is 0.326 e. The first kappa shape index (κ1) is 15.8. The minimum absolute atomic E-state index is 0.102. The van der Waals surface area contributed by atoms with E-state index in [0.717, 1.165) is 29.8 Å². The summed E-state index contributed by atoms with van der Waals surface area (Å²) in [5.74, 6) is 0.969. The molecule has 1 saturated carbocycles. The van der Waals surface area contributed by atoms with Crippen molar-refractivity contribution in [3.8, 4) is 0 Å². The molecule has 2 aromatic rings. The Morgan fingerprint density at radius 2 is 1.88 bits per heavy atom. The summed E-state index contributed by atoms with van der Waals surface area (Å²) >= 11 is 0. The van der Waals surface area contributed by atoms with Crippen LogP contribution in [0, 0.1) is 6.92 Å². The predicted octanol–water partition coefficient (Wildman–Crippen LogP) is 1.83. The fourth-order valence-electron chi connectivity index (χ4n) is 3.51. The van der Waals surface area contributed by atoms with E-state index in [1.54, 1.807) is 4.90 Å². The van der Waals surface area contributed by atoms with Crippen molar-refractivity contribution in [2.45, 2.75) is 51.7 Å². The maximum Gasteiger partial charge on any atom is 0.249 e. The Hall–Kier alpha value is -2.70. The number of carbonyl (C=O) groups is 2. The molecule has 2 heterocycles. The number of nitrogens with one attached hydrogen (secondary N) is 1. The molecule has 4 rings (SSSR count). The number of benzene rings is 1. The van der Waals surface area contributed by atoms with Crippen LogP contribution in [0.3, 0.4) is 0 Å². The van der Waals surface area contributed by atoms with Crippen molar-refractivity contribution >= 4 is 17.8 Å². The van der Waals surface area contributed by atoms with Gasteiger partial charge >= 0.3 is 0 Å². The summed E-state index contributed by atoms with van der Waals surface area (Å²) < 4.78 is 1.98. The van der Waals surface area contributed by atoms with Crippen molar-refractivity contribution in [3.05, 3.63) is 41.2 Å². The summed E-state index contributed by atoms with van der Waals surface area (Å²) in [4.78, 5) is 26.6. The Morgan fingerprint density at radius 3 is 2.56 bits per heavy atom. The van der Waals surface area contributed by atoms with Gasteiger partial charge < -0.3 is 4.90 Å². The number of carbonyl (C=O) groups excluding carboxylic acids is 2. The molecule has 2 aliphatic rings. The maximum atomic E-state index is 12.9. The second-order valence-electron chi connectivity index (χ2n) is 6.80. The second kappa shape index (κ2) is 5.98. The average Bonchev–Trinajstić information content (AvgIpc) is 3.37. The van der Waals surface area contributed by atoms with Gasteiger partial charge in [0.25, 0.3) is 0 Å². The Labute approximate surface area is 146 Å². The SMILES string of the molecule is CC(=O)N1Cc2ccccc2CC1C(=O)Nc1nnc(C)n1C1CC1. The van der Waals surface area contributed by atoms with Gasteiger partial charge in [-0.05, 0) is 30.9 Å². The van der Waals surface area contributed by atoms with Crippen LogP contribution in [0.5, 0.6) is 0 Å². The minimum Gasteiger partial charge on any atom is -0.326 e. The van der Waals surface area contributed by atoms with Crippen LogP contribution in [0.4, 0.5) is 5.95 Å². The topological polar surface area (TPSA) is 80.1 Å². The van der Waals surface area contributed by atoms with Crippen molar-refractivity contribution in [3.63, 3.8) is 0 Å². The van der Waals surface area contributed by atoms with Gasteiger partial charge in [0.2, 0.25) is 17.8 Å². The highest BCUT2D eigenvalue weighted by atomic mass is 16.2. The molecule has 1 aliphatic carbocycles. The fourth-order valence-corrected chi connectivity index (χ4v) is 3.51. The van der Waals surface area contributed by atoms with Crippen LogP contribution in [0.15, 0.2) is 24.3 Å². The zero-order chi connectivity index (χ0) is 17.6. The van der Waals surface area contributed by atoms with Gasteiger partial charge in [0.15, 0.2) is 0 Å². The van der Waals surface area contributed by atoms with Gasteiger partial charge in [0.1, 0.15) is 11.9 Å².